The summed E-state index contributed by atoms with van der Waals surface area (Å²) in [7, 11) is 3.90. The van der Waals surface area contributed by atoms with Gasteiger partial charge in [0, 0.05) is 45.6 Å². The summed E-state index contributed by atoms with van der Waals surface area (Å²) in [4.78, 5) is 13.7. The predicted octanol–water partition coefficient (Wildman–Crippen LogP) is 1.79. The van der Waals surface area contributed by atoms with Crippen LogP contribution >= 0.6 is 0 Å². The van der Waals surface area contributed by atoms with Gasteiger partial charge in [-0.05, 0) is 25.2 Å². The second kappa shape index (κ2) is 6.09. The zero-order chi connectivity index (χ0) is 16.5. The van der Waals surface area contributed by atoms with E-state index in [0.29, 0.717) is 0 Å². The van der Waals surface area contributed by atoms with Crippen molar-refractivity contribution >= 4 is 17.7 Å². The topological polar surface area (TPSA) is 62.2 Å². The number of fused-ring (bicyclic) bond motifs is 1. The van der Waals surface area contributed by atoms with Crippen molar-refractivity contribution in [2.45, 2.75) is 0 Å². The van der Waals surface area contributed by atoms with Crippen molar-refractivity contribution < 1.29 is 4.42 Å². The highest BCUT2D eigenvalue weighted by atomic mass is 16.3. The summed E-state index contributed by atoms with van der Waals surface area (Å²) >= 11 is 0. The summed E-state index contributed by atoms with van der Waals surface area (Å²) in [5.74, 6) is 1.70. The maximum atomic E-state index is 5.51. The summed E-state index contributed by atoms with van der Waals surface area (Å²) < 4.78 is 7.30. The SMILES string of the molecule is C/N=C\c1c(-c2ccco2)nn2ccc(N3CCN(C)CC3)nc12. The van der Waals surface area contributed by atoms with Crippen LogP contribution < -0.4 is 4.90 Å². The molecule has 0 aliphatic carbocycles. The van der Waals surface area contributed by atoms with Gasteiger partial charge in [-0.25, -0.2) is 9.50 Å². The molecule has 0 saturated carbocycles. The van der Waals surface area contributed by atoms with Crippen LogP contribution in [0.4, 0.5) is 5.82 Å². The van der Waals surface area contributed by atoms with Crippen molar-refractivity contribution in [1.82, 2.24) is 19.5 Å². The van der Waals surface area contributed by atoms with Gasteiger partial charge in [-0.2, -0.15) is 5.10 Å². The molecular formula is C17H20N6O. The molecule has 0 radical (unpaired) electrons. The molecule has 1 fully saturated rings. The summed E-state index contributed by atoms with van der Waals surface area (Å²) in [5, 5.41) is 4.61. The number of nitrogens with zero attached hydrogens (tertiary/aromatic N) is 6. The summed E-state index contributed by atoms with van der Waals surface area (Å²) in [5.41, 5.74) is 2.43. The molecule has 1 saturated heterocycles. The second-order valence-electron chi connectivity index (χ2n) is 5.97. The van der Waals surface area contributed by atoms with Crippen LogP contribution in [0.15, 0.2) is 40.1 Å². The lowest BCUT2D eigenvalue weighted by molar-refractivity contribution is 0.312. The van der Waals surface area contributed by atoms with E-state index in [-0.39, 0.29) is 0 Å². The van der Waals surface area contributed by atoms with Crippen molar-refractivity contribution in [2.24, 2.45) is 4.99 Å². The maximum absolute atomic E-state index is 5.51. The fourth-order valence-electron chi connectivity index (χ4n) is 2.99. The van der Waals surface area contributed by atoms with Crippen molar-refractivity contribution in [3.8, 4) is 11.5 Å². The Hall–Kier alpha value is -2.67. The van der Waals surface area contributed by atoms with Crippen LogP contribution in [-0.4, -0.2) is 66.0 Å². The largest absolute Gasteiger partial charge is 0.463 e. The van der Waals surface area contributed by atoms with Gasteiger partial charge in [-0.1, -0.05) is 0 Å². The fourth-order valence-corrected chi connectivity index (χ4v) is 2.99. The van der Waals surface area contributed by atoms with E-state index in [4.69, 9.17) is 9.40 Å². The number of hydrogen-bond acceptors (Lipinski definition) is 6. The van der Waals surface area contributed by atoms with Crippen LogP contribution in [0.1, 0.15) is 5.56 Å². The Kier molecular flexibility index (Phi) is 3.78. The normalized spacial score (nSPS) is 16.5. The highest BCUT2D eigenvalue weighted by Gasteiger charge is 2.19. The van der Waals surface area contributed by atoms with Crippen LogP contribution in [-0.2, 0) is 0 Å². The summed E-state index contributed by atoms with van der Waals surface area (Å²) in [6.07, 6.45) is 5.39. The number of furan rings is 1. The smallest absolute Gasteiger partial charge is 0.166 e. The first kappa shape index (κ1) is 14.9. The highest BCUT2D eigenvalue weighted by molar-refractivity contribution is 5.95. The standard InChI is InChI=1S/C17H20N6O/c1-18-12-13-16(14-4-3-11-24-14)20-23-6-5-15(19-17(13)23)22-9-7-21(2)8-10-22/h3-6,11-12H,7-10H2,1-2H3/b18-12-. The molecule has 0 atom stereocenters. The third-order valence-corrected chi connectivity index (χ3v) is 4.35. The molecule has 0 N–H and O–H groups in total. The molecule has 0 amide bonds. The number of anilines is 1. The Morgan fingerprint density at radius 3 is 2.75 bits per heavy atom. The lowest BCUT2D eigenvalue weighted by Gasteiger charge is -2.33. The van der Waals surface area contributed by atoms with Crippen molar-refractivity contribution in [2.75, 3.05) is 45.2 Å². The molecule has 0 aromatic carbocycles. The van der Waals surface area contributed by atoms with E-state index >= 15 is 0 Å². The van der Waals surface area contributed by atoms with Crippen molar-refractivity contribution in [3.05, 3.63) is 36.2 Å². The van der Waals surface area contributed by atoms with Crippen molar-refractivity contribution in [1.29, 1.82) is 0 Å². The summed E-state index contributed by atoms with van der Waals surface area (Å²) in [6.45, 7) is 4.06. The molecule has 7 nitrogen and oxygen atoms in total. The first-order valence-corrected chi connectivity index (χ1v) is 8.05. The van der Waals surface area contributed by atoms with E-state index in [1.165, 1.54) is 0 Å². The van der Waals surface area contributed by atoms with Crippen LogP contribution in [0.25, 0.3) is 17.1 Å². The lowest BCUT2D eigenvalue weighted by Crippen LogP contribution is -2.44. The average Bonchev–Trinajstić information content (AvgIpc) is 3.24. The van der Waals surface area contributed by atoms with Crippen LogP contribution in [0, 0.1) is 0 Å². The third kappa shape index (κ3) is 2.56. The van der Waals surface area contributed by atoms with Gasteiger partial charge in [0.2, 0.25) is 0 Å². The van der Waals surface area contributed by atoms with E-state index in [1.54, 1.807) is 24.0 Å². The number of hydrogen-bond donors (Lipinski definition) is 0. The quantitative estimate of drug-likeness (QED) is 0.687. The van der Waals surface area contributed by atoms with Crippen molar-refractivity contribution in [3.63, 3.8) is 0 Å². The van der Waals surface area contributed by atoms with E-state index < -0.39 is 0 Å². The molecule has 24 heavy (non-hydrogen) atoms. The minimum absolute atomic E-state index is 0.719. The molecule has 3 aromatic heterocycles. The van der Waals surface area contributed by atoms with E-state index in [0.717, 1.165) is 54.7 Å². The Balaban J connectivity index is 1.79. The second-order valence-corrected chi connectivity index (χ2v) is 5.97. The Morgan fingerprint density at radius 2 is 2.04 bits per heavy atom. The molecule has 7 heteroatoms. The molecule has 4 heterocycles. The molecule has 3 aromatic rings. The Labute approximate surface area is 140 Å². The molecule has 0 bridgehead atoms. The van der Waals surface area contributed by atoms with Gasteiger partial charge in [0.1, 0.15) is 11.5 Å². The summed E-state index contributed by atoms with van der Waals surface area (Å²) in [6, 6.07) is 5.77. The monoisotopic (exact) mass is 324 g/mol. The highest BCUT2D eigenvalue weighted by Crippen LogP contribution is 2.26. The zero-order valence-corrected chi connectivity index (χ0v) is 13.9. The molecule has 1 aliphatic heterocycles. The molecule has 0 unspecified atom stereocenters. The van der Waals surface area contributed by atoms with Gasteiger partial charge in [-0.15, -0.1) is 0 Å². The van der Waals surface area contributed by atoms with E-state index in [2.05, 4.69) is 26.9 Å². The van der Waals surface area contributed by atoms with Crippen LogP contribution in [0.2, 0.25) is 0 Å². The van der Waals surface area contributed by atoms with Gasteiger partial charge in [-0.3, -0.25) is 4.99 Å². The molecule has 124 valence electrons. The molecule has 4 rings (SSSR count). The minimum Gasteiger partial charge on any atom is -0.463 e. The first-order valence-electron chi connectivity index (χ1n) is 8.05. The Bertz CT molecular complexity index is 859. The predicted molar refractivity (Wildman–Crippen MR) is 93.9 cm³/mol. The number of piperazine rings is 1. The number of aromatic nitrogens is 3. The van der Waals surface area contributed by atoms with Gasteiger partial charge in [0.25, 0.3) is 0 Å². The maximum Gasteiger partial charge on any atom is 0.166 e. The van der Waals surface area contributed by atoms with E-state index in [1.807, 2.05) is 24.4 Å². The van der Waals surface area contributed by atoms with Crippen LogP contribution in [0.5, 0.6) is 0 Å². The minimum atomic E-state index is 0.719. The van der Waals surface area contributed by atoms with Gasteiger partial charge in [0.05, 0.1) is 11.8 Å². The number of likely N-dealkylation sites (N-methyl/N-ethyl adjacent to an activating group) is 1. The average molecular weight is 324 g/mol. The molecular weight excluding hydrogens is 304 g/mol. The number of rotatable bonds is 3. The first-order chi connectivity index (χ1) is 11.8. The zero-order valence-electron chi connectivity index (χ0n) is 13.9. The molecule has 1 aliphatic rings. The van der Waals surface area contributed by atoms with Gasteiger partial charge in [0.15, 0.2) is 11.4 Å². The van der Waals surface area contributed by atoms with E-state index in [9.17, 15) is 0 Å². The number of aliphatic imine (C=N–C) groups is 1. The van der Waals surface area contributed by atoms with Gasteiger partial charge >= 0.3 is 0 Å². The third-order valence-electron chi connectivity index (χ3n) is 4.35. The van der Waals surface area contributed by atoms with Gasteiger partial charge < -0.3 is 14.2 Å². The Morgan fingerprint density at radius 1 is 1.21 bits per heavy atom. The fraction of sp³-hybridized carbons (Fsp3) is 0.353. The lowest BCUT2D eigenvalue weighted by atomic mass is 10.2. The van der Waals surface area contributed by atoms with Crippen LogP contribution in [0.3, 0.4) is 0 Å². The molecule has 0 spiro atoms.